The Hall–Kier alpha value is -2.76. The van der Waals surface area contributed by atoms with Gasteiger partial charge < -0.3 is 14.7 Å². The van der Waals surface area contributed by atoms with Gasteiger partial charge in [-0.15, -0.1) is 0 Å². The highest BCUT2D eigenvalue weighted by Gasteiger charge is 2.31. The van der Waals surface area contributed by atoms with Gasteiger partial charge >= 0.3 is 6.18 Å². The molecule has 0 spiro atoms. The topological polar surface area (TPSA) is 59.7 Å². The number of aliphatic hydroxyl groups is 1. The van der Waals surface area contributed by atoms with Crippen LogP contribution in [0.15, 0.2) is 48.5 Å². The van der Waals surface area contributed by atoms with E-state index < -0.39 is 17.8 Å². The Balaban J connectivity index is 1.45. The molecular formula is C21H22F3N3O2. The number of halogens is 3. The maximum Gasteiger partial charge on any atom is 0.416 e. The third-order valence-electron chi connectivity index (χ3n) is 4.81. The minimum atomic E-state index is -4.35. The maximum absolute atomic E-state index is 12.9. The normalized spacial score (nSPS) is 16.3. The van der Waals surface area contributed by atoms with Crippen LogP contribution < -0.4 is 9.64 Å². The van der Waals surface area contributed by atoms with Gasteiger partial charge in [-0.1, -0.05) is 6.07 Å². The zero-order valence-electron chi connectivity index (χ0n) is 15.8. The van der Waals surface area contributed by atoms with Crippen LogP contribution in [0.3, 0.4) is 0 Å². The van der Waals surface area contributed by atoms with Gasteiger partial charge in [-0.05, 0) is 42.5 Å². The fourth-order valence-corrected chi connectivity index (χ4v) is 3.24. The average Bonchev–Trinajstić information content (AvgIpc) is 2.73. The molecule has 0 radical (unpaired) electrons. The maximum atomic E-state index is 12.9. The lowest BCUT2D eigenvalue weighted by molar-refractivity contribution is -0.137. The van der Waals surface area contributed by atoms with E-state index in [9.17, 15) is 18.3 Å². The lowest BCUT2D eigenvalue weighted by atomic mass is 10.1. The molecule has 8 heteroatoms. The second-order valence-electron chi connectivity index (χ2n) is 6.94. The Kier molecular flexibility index (Phi) is 6.62. The summed E-state index contributed by atoms with van der Waals surface area (Å²) < 4.78 is 44.2. The number of ether oxygens (including phenoxy) is 1. The molecule has 5 nitrogen and oxygen atoms in total. The van der Waals surface area contributed by atoms with Gasteiger partial charge in [0.15, 0.2) is 0 Å². The predicted molar refractivity (Wildman–Crippen MR) is 103 cm³/mol. The Morgan fingerprint density at radius 1 is 1.07 bits per heavy atom. The average molecular weight is 405 g/mol. The van der Waals surface area contributed by atoms with E-state index in [1.54, 1.807) is 30.3 Å². The minimum absolute atomic E-state index is 0.125. The van der Waals surface area contributed by atoms with E-state index in [1.807, 2.05) is 11.0 Å². The van der Waals surface area contributed by atoms with Crippen molar-refractivity contribution in [2.45, 2.75) is 12.3 Å². The second kappa shape index (κ2) is 9.16. The van der Waals surface area contributed by atoms with Crippen LogP contribution in [-0.4, -0.2) is 55.4 Å². The van der Waals surface area contributed by atoms with Crippen LogP contribution in [0.25, 0.3) is 0 Å². The van der Waals surface area contributed by atoms with E-state index >= 15 is 0 Å². The van der Waals surface area contributed by atoms with Crippen molar-refractivity contribution in [1.82, 2.24) is 4.90 Å². The lowest BCUT2D eigenvalue weighted by Crippen LogP contribution is -2.49. The minimum Gasteiger partial charge on any atom is -0.491 e. The molecule has 0 bridgehead atoms. The number of hydrogen-bond acceptors (Lipinski definition) is 5. The Labute approximate surface area is 167 Å². The summed E-state index contributed by atoms with van der Waals surface area (Å²) in [5, 5.41) is 19.0. The van der Waals surface area contributed by atoms with Crippen molar-refractivity contribution < 1.29 is 23.0 Å². The zero-order chi connectivity index (χ0) is 20.9. The molecule has 0 aromatic heterocycles. The first kappa shape index (κ1) is 21.0. The Morgan fingerprint density at radius 3 is 2.38 bits per heavy atom. The molecule has 154 valence electrons. The van der Waals surface area contributed by atoms with Crippen molar-refractivity contribution in [2.24, 2.45) is 0 Å². The first-order chi connectivity index (χ1) is 13.8. The SMILES string of the molecule is N#Cc1ccc(OC[C@H](O)CN2CCN(c3cccc(C(F)(F)F)c3)CC2)cc1. The molecular weight excluding hydrogens is 383 g/mol. The summed E-state index contributed by atoms with van der Waals surface area (Å²) in [7, 11) is 0. The predicted octanol–water partition coefficient (Wildman–Crippen LogP) is 3.14. The van der Waals surface area contributed by atoms with Crippen LogP contribution in [0.4, 0.5) is 18.9 Å². The van der Waals surface area contributed by atoms with E-state index in [2.05, 4.69) is 4.90 Å². The van der Waals surface area contributed by atoms with Crippen LogP contribution >= 0.6 is 0 Å². The molecule has 29 heavy (non-hydrogen) atoms. The third-order valence-corrected chi connectivity index (χ3v) is 4.81. The molecule has 1 fully saturated rings. The molecule has 0 saturated carbocycles. The monoisotopic (exact) mass is 405 g/mol. The number of nitriles is 1. The molecule has 1 heterocycles. The molecule has 0 unspecified atom stereocenters. The van der Waals surface area contributed by atoms with E-state index in [0.717, 1.165) is 6.07 Å². The summed E-state index contributed by atoms with van der Waals surface area (Å²) in [6.07, 6.45) is -5.04. The van der Waals surface area contributed by atoms with Gasteiger partial charge in [-0.3, -0.25) is 4.90 Å². The highest BCUT2D eigenvalue weighted by molar-refractivity contribution is 5.49. The van der Waals surface area contributed by atoms with Crippen molar-refractivity contribution >= 4 is 5.69 Å². The summed E-state index contributed by atoms with van der Waals surface area (Å²) in [6.45, 7) is 3.01. The van der Waals surface area contributed by atoms with E-state index in [1.165, 1.54) is 12.1 Å². The molecule has 1 aliphatic heterocycles. The number of nitrogens with zero attached hydrogens (tertiary/aromatic N) is 3. The third kappa shape index (κ3) is 5.86. The molecule has 1 saturated heterocycles. The number of alkyl halides is 3. The fraction of sp³-hybridized carbons (Fsp3) is 0.381. The van der Waals surface area contributed by atoms with Gasteiger partial charge in [0, 0.05) is 38.4 Å². The van der Waals surface area contributed by atoms with Crippen LogP contribution in [0, 0.1) is 11.3 Å². The second-order valence-corrected chi connectivity index (χ2v) is 6.94. The van der Waals surface area contributed by atoms with Crippen molar-refractivity contribution in [2.75, 3.05) is 44.2 Å². The van der Waals surface area contributed by atoms with Crippen molar-refractivity contribution in [1.29, 1.82) is 5.26 Å². The van der Waals surface area contributed by atoms with Gasteiger partial charge in [0.1, 0.15) is 18.5 Å². The molecule has 1 N–H and O–H groups in total. The Morgan fingerprint density at radius 2 is 1.76 bits per heavy atom. The van der Waals surface area contributed by atoms with Gasteiger partial charge in [0.05, 0.1) is 17.2 Å². The summed E-state index contributed by atoms with van der Waals surface area (Å²) in [4.78, 5) is 3.99. The van der Waals surface area contributed by atoms with Crippen molar-refractivity contribution in [3.8, 4) is 11.8 Å². The van der Waals surface area contributed by atoms with Crippen molar-refractivity contribution in [3.63, 3.8) is 0 Å². The first-order valence-corrected chi connectivity index (χ1v) is 9.31. The molecule has 0 aliphatic carbocycles. The number of rotatable bonds is 6. The quantitative estimate of drug-likeness (QED) is 0.800. The van der Waals surface area contributed by atoms with Crippen LogP contribution in [0.2, 0.25) is 0 Å². The first-order valence-electron chi connectivity index (χ1n) is 9.31. The molecule has 2 aromatic carbocycles. The number of β-amino-alcohol motifs (C(OH)–C–C–N with tert-alkyl or cyclic N) is 1. The van der Waals surface area contributed by atoms with Gasteiger partial charge in [-0.25, -0.2) is 0 Å². The summed E-state index contributed by atoms with van der Waals surface area (Å²) in [6, 6.07) is 14.0. The van der Waals surface area contributed by atoms with Crippen molar-refractivity contribution in [3.05, 3.63) is 59.7 Å². The smallest absolute Gasteiger partial charge is 0.416 e. The van der Waals surface area contributed by atoms with Gasteiger partial charge in [0.25, 0.3) is 0 Å². The zero-order valence-corrected chi connectivity index (χ0v) is 15.8. The summed E-state index contributed by atoms with van der Waals surface area (Å²) in [5.41, 5.74) is 0.452. The molecule has 2 aromatic rings. The highest BCUT2D eigenvalue weighted by atomic mass is 19.4. The van der Waals surface area contributed by atoms with Crippen LogP contribution in [0.5, 0.6) is 5.75 Å². The van der Waals surface area contributed by atoms with E-state index in [4.69, 9.17) is 10.00 Å². The number of hydrogen-bond donors (Lipinski definition) is 1. The van der Waals surface area contributed by atoms with Crippen LogP contribution in [-0.2, 0) is 6.18 Å². The largest absolute Gasteiger partial charge is 0.491 e. The highest BCUT2D eigenvalue weighted by Crippen LogP contribution is 2.31. The number of anilines is 1. The fourth-order valence-electron chi connectivity index (χ4n) is 3.24. The van der Waals surface area contributed by atoms with Gasteiger partial charge in [-0.2, -0.15) is 18.4 Å². The van der Waals surface area contributed by atoms with E-state index in [-0.39, 0.29) is 6.61 Å². The van der Waals surface area contributed by atoms with E-state index in [0.29, 0.717) is 49.7 Å². The molecule has 1 atom stereocenters. The lowest BCUT2D eigenvalue weighted by Gasteiger charge is -2.37. The standard InChI is InChI=1S/C21H22F3N3O2/c22-21(23,24)17-2-1-3-18(12-17)27-10-8-26(9-11-27)14-19(28)15-29-20-6-4-16(13-25)5-7-20/h1-7,12,19,28H,8-11,14-15H2/t19-/m1/s1. The molecule has 1 aliphatic rings. The van der Waals surface area contributed by atoms with Gasteiger partial charge in [0.2, 0.25) is 0 Å². The number of aliphatic hydroxyl groups excluding tert-OH is 1. The Bertz CT molecular complexity index is 841. The number of piperazine rings is 1. The van der Waals surface area contributed by atoms with Crippen LogP contribution in [0.1, 0.15) is 11.1 Å². The number of benzene rings is 2. The molecule has 0 amide bonds. The summed E-state index contributed by atoms with van der Waals surface area (Å²) >= 11 is 0. The molecule has 3 rings (SSSR count). The summed E-state index contributed by atoms with van der Waals surface area (Å²) in [5.74, 6) is 0.581.